The van der Waals surface area contributed by atoms with Crippen molar-refractivity contribution in [3.8, 4) is 5.69 Å². The van der Waals surface area contributed by atoms with E-state index in [0.717, 1.165) is 10.2 Å². The van der Waals surface area contributed by atoms with Crippen LogP contribution in [0.3, 0.4) is 0 Å². The minimum atomic E-state index is 0.0978. The van der Waals surface area contributed by atoms with Gasteiger partial charge < -0.3 is 11.5 Å². The average molecular weight is 306 g/mol. The Balaban J connectivity index is 2.27. The van der Waals surface area contributed by atoms with E-state index in [1.54, 1.807) is 4.68 Å². The Morgan fingerprint density at radius 2 is 1.78 bits per heavy atom. The number of anilines is 2. The highest BCUT2D eigenvalue weighted by Crippen LogP contribution is 2.20. The zero-order valence-corrected chi connectivity index (χ0v) is 10.7. The molecule has 0 aliphatic rings. The molecule has 1 aromatic carbocycles. The molecule has 0 saturated heterocycles. The van der Waals surface area contributed by atoms with Crippen LogP contribution in [0.2, 0.25) is 0 Å². The first-order valence-corrected chi connectivity index (χ1v) is 5.85. The van der Waals surface area contributed by atoms with Crippen LogP contribution >= 0.6 is 15.9 Å². The van der Waals surface area contributed by atoms with Crippen LogP contribution in [0.5, 0.6) is 0 Å². The largest absolute Gasteiger partial charge is 0.382 e. The van der Waals surface area contributed by atoms with E-state index in [2.05, 4.69) is 36.2 Å². The lowest BCUT2D eigenvalue weighted by Gasteiger charge is -2.02. The second kappa shape index (κ2) is 3.91. The van der Waals surface area contributed by atoms with Gasteiger partial charge in [-0.2, -0.15) is 14.6 Å². The van der Waals surface area contributed by atoms with Gasteiger partial charge in [0.25, 0.3) is 0 Å². The van der Waals surface area contributed by atoms with Crippen LogP contribution in [0.4, 0.5) is 11.8 Å². The smallest absolute Gasteiger partial charge is 0.224 e. The molecule has 0 radical (unpaired) electrons. The van der Waals surface area contributed by atoms with E-state index in [1.165, 1.54) is 0 Å². The molecule has 3 aromatic rings. The third-order valence-corrected chi connectivity index (χ3v) is 2.94. The van der Waals surface area contributed by atoms with E-state index < -0.39 is 0 Å². The molecule has 4 N–H and O–H groups in total. The standard InChI is InChI=1S/C10H8BrN7/c11-5-1-3-6(4-2-5)18-9-7(16-17-18)8(12)14-10(13)15-9/h1-4H,(H4,12,13,14,15). The zero-order valence-electron chi connectivity index (χ0n) is 9.08. The molecule has 3 rings (SSSR count). The number of benzene rings is 1. The van der Waals surface area contributed by atoms with Crippen molar-refractivity contribution >= 4 is 38.9 Å². The molecule has 0 spiro atoms. The van der Waals surface area contributed by atoms with Gasteiger partial charge in [0.1, 0.15) is 0 Å². The molecule has 90 valence electrons. The summed E-state index contributed by atoms with van der Waals surface area (Å²) in [6.07, 6.45) is 0. The van der Waals surface area contributed by atoms with Gasteiger partial charge in [0, 0.05) is 4.47 Å². The predicted octanol–water partition coefficient (Wildman–Crippen LogP) is 1.14. The van der Waals surface area contributed by atoms with Crippen LogP contribution in [0.1, 0.15) is 0 Å². The summed E-state index contributed by atoms with van der Waals surface area (Å²) < 4.78 is 2.54. The number of hydrogen-bond acceptors (Lipinski definition) is 6. The van der Waals surface area contributed by atoms with Gasteiger partial charge in [-0.25, -0.2) is 0 Å². The molecule has 0 aliphatic carbocycles. The molecule has 0 unspecified atom stereocenters. The second-order valence-electron chi connectivity index (χ2n) is 3.62. The quantitative estimate of drug-likeness (QED) is 0.698. The number of halogens is 1. The van der Waals surface area contributed by atoms with Crippen molar-refractivity contribution in [2.75, 3.05) is 11.5 Å². The molecular formula is C10H8BrN7. The first kappa shape index (κ1) is 10.9. The maximum absolute atomic E-state index is 5.72. The lowest BCUT2D eigenvalue weighted by Crippen LogP contribution is -2.03. The number of nitrogen functional groups attached to an aromatic ring is 2. The van der Waals surface area contributed by atoms with Gasteiger partial charge in [-0.15, -0.1) is 5.10 Å². The molecule has 0 fully saturated rings. The highest BCUT2D eigenvalue weighted by Gasteiger charge is 2.12. The first-order valence-electron chi connectivity index (χ1n) is 5.05. The predicted molar refractivity (Wildman–Crippen MR) is 71.0 cm³/mol. The molecule has 0 amide bonds. The van der Waals surface area contributed by atoms with Crippen LogP contribution in [-0.2, 0) is 0 Å². The summed E-state index contributed by atoms with van der Waals surface area (Å²) in [5.41, 5.74) is 13.0. The van der Waals surface area contributed by atoms with E-state index in [-0.39, 0.29) is 11.8 Å². The minimum absolute atomic E-state index is 0.0978. The Morgan fingerprint density at radius 3 is 2.50 bits per heavy atom. The summed E-state index contributed by atoms with van der Waals surface area (Å²) >= 11 is 3.37. The fourth-order valence-electron chi connectivity index (χ4n) is 1.61. The van der Waals surface area contributed by atoms with Crippen molar-refractivity contribution in [3.63, 3.8) is 0 Å². The van der Waals surface area contributed by atoms with Crippen LogP contribution in [-0.4, -0.2) is 25.0 Å². The summed E-state index contributed by atoms with van der Waals surface area (Å²) in [6.45, 7) is 0. The summed E-state index contributed by atoms with van der Waals surface area (Å²) in [7, 11) is 0. The fraction of sp³-hybridized carbons (Fsp3) is 0. The topological polar surface area (TPSA) is 109 Å². The lowest BCUT2D eigenvalue weighted by atomic mass is 10.3. The molecule has 0 aliphatic heterocycles. The second-order valence-corrected chi connectivity index (χ2v) is 4.53. The van der Waals surface area contributed by atoms with E-state index in [9.17, 15) is 0 Å². The molecule has 2 heterocycles. The maximum atomic E-state index is 5.72. The third-order valence-electron chi connectivity index (χ3n) is 2.42. The highest BCUT2D eigenvalue weighted by molar-refractivity contribution is 9.10. The molecule has 0 bridgehead atoms. The molecular weight excluding hydrogens is 298 g/mol. The van der Waals surface area contributed by atoms with Crippen LogP contribution in [0, 0.1) is 0 Å². The Labute approximate surface area is 110 Å². The summed E-state index contributed by atoms with van der Waals surface area (Å²) in [5, 5.41) is 7.96. The number of aromatic nitrogens is 5. The third kappa shape index (κ3) is 1.66. The lowest BCUT2D eigenvalue weighted by molar-refractivity contribution is 0.817. The van der Waals surface area contributed by atoms with Gasteiger partial charge >= 0.3 is 0 Å². The summed E-state index contributed by atoms with van der Waals surface area (Å²) in [6, 6.07) is 7.56. The Hall–Kier alpha value is -2.22. The van der Waals surface area contributed by atoms with Gasteiger partial charge in [-0.3, -0.25) is 0 Å². The normalized spacial score (nSPS) is 10.9. The van der Waals surface area contributed by atoms with Gasteiger partial charge in [0.15, 0.2) is 17.0 Å². The molecule has 0 saturated carbocycles. The number of rotatable bonds is 1. The van der Waals surface area contributed by atoms with Gasteiger partial charge in [0.05, 0.1) is 5.69 Å². The number of nitrogens with two attached hydrogens (primary N) is 2. The molecule has 2 aromatic heterocycles. The van der Waals surface area contributed by atoms with E-state index in [4.69, 9.17) is 11.5 Å². The average Bonchev–Trinajstić information content (AvgIpc) is 2.74. The zero-order chi connectivity index (χ0) is 12.7. The molecule has 8 heteroatoms. The van der Waals surface area contributed by atoms with Crippen molar-refractivity contribution in [2.45, 2.75) is 0 Å². The van der Waals surface area contributed by atoms with Crippen molar-refractivity contribution in [1.82, 2.24) is 25.0 Å². The molecule has 18 heavy (non-hydrogen) atoms. The number of fused-ring (bicyclic) bond motifs is 1. The van der Waals surface area contributed by atoms with Crippen molar-refractivity contribution in [1.29, 1.82) is 0 Å². The van der Waals surface area contributed by atoms with E-state index in [1.807, 2.05) is 24.3 Å². The van der Waals surface area contributed by atoms with Crippen molar-refractivity contribution < 1.29 is 0 Å². The Bertz CT molecular complexity index is 719. The maximum Gasteiger partial charge on any atom is 0.224 e. The van der Waals surface area contributed by atoms with Crippen molar-refractivity contribution in [2.24, 2.45) is 0 Å². The SMILES string of the molecule is Nc1nc(N)c2nnn(-c3ccc(Br)cc3)c2n1. The van der Waals surface area contributed by atoms with E-state index in [0.29, 0.717) is 11.2 Å². The summed E-state index contributed by atoms with van der Waals surface area (Å²) in [4.78, 5) is 7.95. The summed E-state index contributed by atoms with van der Waals surface area (Å²) in [5.74, 6) is 0.321. The van der Waals surface area contributed by atoms with Crippen molar-refractivity contribution in [3.05, 3.63) is 28.7 Å². The Morgan fingerprint density at radius 1 is 1.06 bits per heavy atom. The first-order chi connectivity index (χ1) is 8.65. The highest BCUT2D eigenvalue weighted by atomic mass is 79.9. The van der Waals surface area contributed by atoms with Gasteiger partial charge in [-0.05, 0) is 24.3 Å². The van der Waals surface area contributed by atoms with Crippen LogP contribution in [0.15, 0.2) is 28.7 Å². The van der Waals surface area contributed by atoms with E-state index >= 15 is 0 Å². The number of nitrogens with zero attached hydrogens (tertiary/aromatic N) is 5. The molecule has 0 atom stereocenters. The van der Waals surface area contributed by atoms with Gasteiger partial charge in [0.2, 0.25) is 5.95 Å². The van der Waals surface area contributed by atoms with Crippen LogP contribution < -0.4 is 11.5 Å². The Kier molecular flexibility index (Phi) is 2.37. The fourth-order valence-corrected chi connectivity index (χ4v) is 1.87. The van der Waals surface area contributed by atoms with Crippen LogP contribution in [0.25, 0.3) is 16.9 Å². The minimum Gasteiger partial charge on any atom is -0.382 e. The number of hydrogen-bond donors (Lipinski definition) is 2. The van der Waals surface area contributed by atoms with Gasteiger partial charge in [-0.1, -0.05) is 21.1 Å². The monoisotopic (exact) mass is 305 g/mol. The molecule has 7 nitrogen and oxygen atoms in total.